The molecule has 1 aliphatic rings. The van der Waals surface area contributed by atoms with Gasteiger partial charge < -0.3 is 10.1 Å². The number of nitrogens with one attached hydrogen (secondary N) is 1. The fourth-order valence-electron chi connectivity index (χ4n) is 2.60. The van der Waals surface area contributed by atoms with Crippen molar-refractivity contribution in [1.82, 2.24) is 5.32 Å². The molecule has 0 saturated carbocycles. The lowest BCUT2D eigenvalue weighted by atomic mass is 9.98. The standard InChI is InChI=1S/C15H22FNO/c1-2-17-15(10-9-12-6-5-11-18-12)13-7-3-4-8-14(13)16/h3-4,7-8,12,15,17H,2,5-6,9-11H2,1H3. The topological polar surface area (TPSA) is 21.3 Å². The quantitative estimate of drug-likeness (QED) is 0.836. The average molecular weight is 251 g/mol. The van der Waals surface area contributed by atoms with Gasteiger partial charge in [-0.15, -0.1) is 0 Å². The molecule has 1 N–H and O–H groups in total. The molecular formula is C15H22FNO. The second-order valence-electron chi connectivity index (χ2n) is 4.84. The van der Waals surface area contributed by atoms with Gasteiger partial charge in [0.25, 0.3) is 0 Å². The highest BCUT2D eigenvalue weighted by molar-refractivity contribution is 5.21. The molecule has 1 heterocycles. The molecule has 0 bridgehead atoms. The third-order valence-corrected chi connectivity index (χ3v) is 3.53. The molecule has 0 aromatic heterocycles. The van der Waals surface area contributed by atoms with Crippen LogP contribution in [0, 0.1) is 5.82 Å². The number of benzene rings is 1. The smallest absolute Gasteiger partial charge is 0.127 e. The first-order chi connectivity index (χ1) is 8.81. The van der Waals surface area contributed by atoms with E-state index in [0.717, 1.165) is 44.4 Å². The van der Waals surface area contributed by atoms with Gasteiger partial charge in [-0.2, -0.15) is 0 Å². The van der Waals surface area contributed by atoms with E-state index in [-0.39, 0.29) is 11.9 Å². The Morgan fingerprint density at radius 3 is 2.94 bits per heavy atom. The van der Waals surface area contributed by atoms with Crippen LogP contribution in [-0.4, -0.2) is 19.3 Å². The lowest BCUT2D eigenvalue weighted by Crippen LogP contribution is -2.23. The van der Waals surface area contributed by atoms with E-state index in [1.807, 2.05) is 12.1 Å². The number of rotatable bonds is 6. The molecule has 0 amide bonds. The zero-order chi connectivity index (χ0) is 12.8. The molecule has 0 radical (unpaired) electrons. The van der Waals surface area contributed by atoms with Crippen LogP contribution in [0.1, 0.15) is 44.2 Å². The van der Waals surface area contributed by atoms with Crippen molar-refractivity contribution in [3.05, 3.63) is 35.6 Å². The maximum atomic E-state index is 13.8. The van der Waals surface area contributed by atoms with Gasteiger partial charge in [0.15, 0.2) is 0 Å². The Morgan fingerprint density at radius 1 is 1.44 bits per heavy atom. The molecule has 1 saturated heterocycles. The molecule has 3 heteroatoms. The van der Waals surface area contributed by atoms with Crippen LogP contribution in [0.3, 0.4) is 0 Å². The molecule has 2 unspecified atom stereocenters. The van der Waals surface area contributed by atoms with Crippen LogP contribution in [0.2, 0.25) is 0 Å². The number of hydrogen-bond acceptors (Lipinski definition) is 2. The molecule has 1 fully saturated rings. The highest BCUT2D eigenvalue weighted by Crippen LogP contribution is 2.25. The zero-order valence-corrected chi connectivity index (χ0v) is 11.0. The SMILES string of the molecule is CCNC(CCC1CCCO1)c1ccccc1F. The molecule has 18 heavy (non-hydrogen) atoms. The minimum Gasteiger partial charge on any atom is -0.378 e. The summed E-state index contributed by atoms with van der Waals surface area (Å²) >= 11 is 0. The van der Waals surface area contributed by atoms with E-state index in [9.17, 15) is 4.39 Å². The van der Waals surface area contributed by atoms with Crippen LogP contribution < -0.4 is 5.32 Å². The Bertz CT molecular complexity index is 363. The van der Waals surface area contributed by atoms with Crippen molar-refractivity contribution in [2.24, 2.45) is 0 Å². The highest BCUT2D eigenvalue weighted by Gasteiger charge is 2.19. The van der Waals surface area contributed by atoms with E-state index in [2.05, 4.69) is 12.2 Å². The second-order valence-corrected chi connectivity index (χ2v) is 4.84. The van der Waals surface area contributed by atoms with Crippen LogP contribution >= 0.6 is 0 Å². The summed E-state index contributed by atoms with van der Waals surface area (Å²) in [6.07, 6.45) is 4.62. The molecular weight excluding hydrogens is 229 g/mol. The van der Waals surface area contributed by atoms with Gasteiger partial charge in [0.2, 0.25) is 0 Å². The molecule has 100 valence electrons. The minimum atomic E-state index is -0.115. The monoisotopic (exact) mass is 251 g/mol. The van der Waals surface area contributed by atoms with Gasteiger partial charge in [-0.1, -0.05) is 25.1 Å². The molecule has 2 atom stereocenters. The van der Waals surface area contributed by atoms with Crippen LogP contribution in [0.5, 0.6) is 0 Å². The largest absolute Gasteiger partial charge is 0.378 e. The summed E-state index contributed by atoms with van der Waals surface area (Å²) in [5, 5.41) is 3.37. The van der Waals surface area contributed by atoms with Crippen molar-refractivity contribution >= 4 is 0 Å². The van der Waals surface area contributed by atoms with Gasteiger partial charge in [-0.25, -0.2) is 4.39 Å². The summed E-state index contributed by atoms with van der Waals surface area (Å²) < 4.78 is 19.4. The van der Waals surface area contributed by atoms with Crippen molar-refractivity contribution < 1.29 is 9.13 Å². The van der Waals surface area contributed by atoms with Crippen molar-refractivity contribution in [1.29, 1.82) is 0 Å². The maximum absolute atomic E-state index is 13.8. The molecule has 1 aromatic carbocycles. The summed E-state index contributed by atoms with van der Waals surface area (Å²) in [7, 11) is 0. The Kier molecular flexibility index (Phi) is 5.14. The summed E-state index contributed by atoms with van der Waals surface area (Å²) in [5.74, 6) is -0.115. The third kappa shape index (κ3) is 3.53. The molecule has 0 spiro atoms. The first kappa shape index (κ1) is 13.5. The van der Waals surface area contributed by atoms with Gasteiger partial charge in [0.1, 0.15) is 5.82 Å². The first-order valence-corrected chi connectivity index (χ1v) is 6.90. The van der Waals surface area contributed by atoms with Gasteiger partial charge >= 0.3 is 0 Å². The van der Waals surface area contributed by atoms with E-state index in [0.29, 0.717) is 6.10 Å². The van der Waals surface area contributed by atoms with Crippen molar-refractivity contribution in [2.45, 2.75) is 44.8 Å². The summed E-state index contributed by atoms with van der Waals surface area (Å²) in [6.45, 7) is 3.79. The average Bonchev–Trinajstić information content (AvgIpc) is 2.88. The Morgan fingerprint density at radius 2 is 2.28 bits per heavy atom. The fourth-order valence-corrected chi connectivity index (χ4v) is 2.60. The summed E-state index contributed by atoms with van der Waals surface area (Å²) in [6, 6.07) is 7.14. The number of halogens is 1. The van der Waals surface area contributed by atoms with Crippen LogP contribution in [0.4, 0.5) is 4.39 Å². The van der Waals surface area contributed by atoms with Crippen molar-refractivity contribution in [3.63, 3.8) is 0 Å². The second kappa shape index (κ2) is 6.86. The van der Waals surface area contributed by atoms with Crippen LogP contribution in [0.15, 0.2) is 24.3 Å². The highest BCUT2D eigenvalue weighted by atomic mass is 19.1. The van der Waals surface area contributed by atoms with Gasteiger partial charge in [-0.3, -0.25) is 0 Å². The summed E-state index contributed by atoms with van der Waals surface area (Å²) in [4.78, 5) is 0. The van der Waals surface area contributed by atoms with Gasteiger partial charge in [0.05, 0.1) is 6.10 Å². The van der Waals surface area contributed by atoms with Gasteiger partial charge in [0, 0.05) is 18.2 Å². The minimum absolute atomic E-state index is 0.0976. The Hall–Kier alpha value is -0.930. The molecule has 1 aliphatic heterocycles. The van der Waals surface area contributed by atoms with E-state index in [4.69, 9.17) is 4.74 Å². The van der Waals surface area contributed by atoms with Gasteiger partial charge in [-0.05, 0) is 38.3 Å². The molecule has 2 nitrogen and oxygen atoms in total. The molecule has 1 aromatic rings. The Balaban J connectivity index is 1.96. The van der Waals surface area contributed by atoms with Crippen molar-refractivity contribution in [3.8, 4) is 0 Å². The van der Waals surface area contributed by atoms with E-state index in [1.165, 1.54) is 6.07 Å². The van der Waals surface area contributed by atoms with E-state index in [1.54, 1.807) is 6.07 Å². The maximum Gasteiger partial charge on any atom is 0.127 e. The first-order valence-electron chi connectivity index (χ1n) is 6.90. The third-order valence-electron chi connectivity index (χ3n) is 3.53. The molecule has 2 rings (SSSR count). The van der Waals surface area contributed by atoms with E-state index >= 15 is 0 Å². The number of ether oxygens (including phenoxy) is 1. The van der Waals surface area contributed by atoms with E-state index < -0.39 is 0 Å². The predicted molar refractivity (Wildman–Crippen MR) is 71.0 cm³/mol. The van der Waals surface area contributed by atoms with Crippen molar-refractivity contribution in [2.75, 3.05) is 13.2 Å². The van der Waals surface area contributed by atoms with Crippen LogP contribution in [-0.2, 0) is 4.74 Å². The lowest BCUT2D eigenvalue weighted by Gasteiger charge is -2.20. The summed E-state index contributed by atoms with van der Waals surface area (Å²) in [5.41, 5.74) is 0.775. The van der Waals surface area contributed by atoms with Crippen LogP contribution in [0.25, 0.3) is 0 Å². The zero-order valence-electron chi connectivity index (χ0n) is 11.0. The normalized spacial score (nSPS) is 21.1. The number of hydrogen-bond donors (Lipinski definition) is 1. The predicted octanol–water partition coefficient (Wildman–Crippen LogP) is 3.44. The Labute approximate surface area is 109 Å². The fraction of sp³-hybridized carbons (Fsp3) is 0.600. The molecule has 0 aliphatic carbocycles. The lowest BCUT2D eigenvalue weighted by molar-refractivity contribution is 0.0995.